The molecule has 0 aliphatic rings. The molecule has 0 radical (unpaired) electrons. The van der Waals surface area contributed by atoms with E-state index in [9.17, 15) is 14.7 Å². The summed E-state index contributed by atoms with van der Waals surface area (Å²) >= 11 is 5.80. The molecule has 1 unspecified atom stereocenters. The molecule has 0 saturated carbocycles. The largest absolute Gasteiger partial charge is 0.481 e. The van der Waals surface area contributed by atoms with Crippen molar-refractivity contribution < 1.29 is 14.7 Å². The predicted octanol–water partition coefficient (Wildman–Crippen LogP) is 3.86. The highest BCUT2D eigenvalue weighted by molar-refractivity contribution is 6.30. The Bertz CT molecular complexity index is 620. The number of ketones is 1. The Morgan fingerprint density at radius 2 is 1.62 bits per heavy atom. The summed E-state index contributed by atoms with van der Waals surface area (Å²) in [5.74, 6) is -1.86. The molecule has 0 amide bonds. The van der Waals surface area contributed by atoms with Gasteiger partial charge in [0.2, 0.25) is 0 Å². The summed E-state index contributed by atoms with van der Waals surface area (Å²) < 4.78 is 0. The maximum absolute atomic E-state index is 12.1. The van der Waals surface area contributed by atoms with Gasteiger partial charge in [-0.15, -0.1) is 0 Å². The summed E-state index contributed by atoms with van der Waals surface area (Å²) in [5, 5.41) is 9.91. The highest BCUT2D eigenvalue weighted by atomic mass is 35.5. The van der Waals surface area contributed by atoms with E-state index in [4.69, 9.17) is 11.6 Å². The maximum Gasteiger partial charge on any atom is 0.307 e. The number of halogens is 1. The molecule has 108 valence electrons. The van der Waals surface area contributed by atoms with Crippen molar-refractivity contribution in [3.8, 4) is 0 Å². The van der Waals surface area contributed by atoms with Crippen molar-refractivity contribution in [1.29, 1.82) is 0 Å². The highest BCUT2D eigenvalue weighted by Crippen LogP contribution is 2.18. The van der Waals surface area contributed by atoms with Crippen LogP contribution < -0.4 is 0 Å². The first-order valence-electron chi connectivity index (χ1n) is 6.62. The third-order valence-corrected chi connectivity index (χ3v) is 3.52. The molecule has 0 heterocycles. The third kappa shape index (κ3) is 4.43. The van der Waals surface area contributed by atoms with Gasteiger partial charge in [0.15, 0.2) is 5.78 Å². The number of carbonyl (C=O) groups is 2. The molecule has 0 aliphatic heterocycles. The van der Waals surface area contributed by atoms with E-state index < -0.39 is 11.9 Å². The van der Waals surface area contributed by atoms with Gasteiger partial charge in [0.25, 0.3) is 0 Å². The van der Waals surface area contributed by atoms with E-state index in [1.54, 1.807) is 48.5 Å². The quantitative estimate of drug-likeness (QED) is 0.824. The first-order valence-corrected chi connectivity index (χ1v) is 6.99. The average Bonchev–Trinajstić information content (AvgIpc) is 2.49. The van der Waals surface area contributed by atoms with E-state index in [-0.39, 0.29) is 12.2 Å². The van der Waals surface area contributed by atoms with Crippen LogP contribution in [-0.4, -0.2) is 16.9 Å². The Kier molecular flexibility index (Phi) is 5.12. The van der Waals surface area contributed by atoms with Gasteiger partial charge in [0.1, 0.15) is 0 Å². The lowest BCUT2D eigenvalue weighted by molar-refractivity contribution is -0.141. The number of carboxylic acids is 1. The van der Waals surface area contributed by atoms with Crippen LogP contribution in [0.2, 0.25) is 5.02 Å². The number of aliphatic carboxylic acids is 1. The predicted molar refractivity (Wildman–Crippen MR) is 81.7 cm³/mol. The second-order valence-electron chi connectivity index (χ2n) is 4.86. The van der Waals surface area contributed by atoms with Crippen LogP contribution in [0.4, 0.5) is 0 Å². The van der Waals surface area contributed by atoms with Crippen LogP contribution in [0.3, 0.4) is 0 Å². The third-order valence-electron chi connectivity index (χ3n) is 3.27. The van der Waals surface area contributed by atoms with Crippen LogP contribution in [0.25, 0.3) is 0 Å². The lowest BCUT2D eigenvalue weighted by Crippen LogP contribution is -2.20. The second-order valence-corrected chi connectivity index (χ2v) is 5.30. The Morgan fingerprint density at radius 1 is 1.00 bits per heavy atom. The van der Waals surface area contributed by atoms with Gasteiger partial charge in [0.05, 0.1) is 5.92 Å². The zero-order valence-electron chi connectivity index (χ0n) is 11.3. The molecule has 4 heteroatoms. The topological polar surface area (TPSA) is 54.4 Å². The van der Waals surface area contributed by atoms with Crippen molar-refractivity contribution in [3.63, 3.8) is 0 Å². The van der Waals surface area contributed by atoms with Gasteiger partial charge in [-0.1, -0.05) is 54.1 Å². The normalized spacial score (nSPS) is 11.9. The number of Topliss-reactive ketones (excluding diaryl/α,β-unsaturated/α-hetero) is 1. The summed E-state index contributed by atoms with van der Waals surface area (Å²) in [7, 11) is 0. The number of carbonyl (C=O) groups excluding carboxylic acids is 1. The van der Waals surface area contributed by atoms with E-state index in [1.807, 2.05) is 6.07 Å². The maximum atomic E-state index is 12.1. The molecule has 0 aromatic heterocycles. The minimum atomic E-state index is -0.964. The zero-order chi connectivity index (χ0) is 15.2. The van der Waals surface area contributed by atoms with Crippen molar-refractivity contribution in [2.24, 2.45) is 5.92 Å². The van der Waals surface area contributed by atoms with E-state index in [1.165, 1.54) is 0 Å². The number of rotatable bonds is 6. The SMILES string of the molecule is O=C(CC(Cc1ccc(Cl)cc1)C(=O)O)c1ccccc1. The number of benzene rings is 2. The minimum absolute atomic E-state index is 0.0119. The number of carboxylic acid groups (broad SMARTS) is 1. The lowest BCUT2D eigenvalue weighted by atomic mass is 9.92. The lowest BCUT2D eigenvalue weighted by Gasteiger charge is -2.12. The first kappa shape index (κ1) is 15.3. The summed E-state index contributed by atoms with van der Waals surface area (Å²) in [4.78, 5) is 23.5. The molecule has 2 aromatic carbocycles. The summed E-state index contributed by atoms with van der Waals surface area (Å²) in [6, 6.07) is 15.7. The summed E-state index contributed by atoms with van der Waals surface area (Å²) in [6.45, 7) is 0. The van der Waals surface area contributed by atoms with Crippen LogP contribution in [0.5, 0.6) is 0 Å². The van der Waals surface area contributed by atoms with E-state index in [0.29, 0.717) is 17.0 Å². The Balaban J connectivity index is 2.07. The van der Waals surface area contributed by atoms with Gasteiger partial charge >= 0.3 is 5.97 Å². The van der Waals surface area contributed by atoms with Crippen molar-refractivity contribution in [2.45, 2.75) is 12.8 Å². The van der Waals surface area contributed by atoms with Crippen molar-refractivity contribution in [1.82, 2.24) is 0 Å². The molecule has 3 nitrogen and oxygen atoms in total. The Labute approximate surface area is 128 Å². The average molecular weight is 303 g/mol. The van der Waals surface area contributed by atoms with Gasteiger partial charge in [-0.2, -0.15) is 0 Å². The molecular formula is C17H15ClO3. The van der Waals surface area contributed by atoms with Gasteiger partial charge in [-0.05, 0) is 24.1 Å². The van der Waals surface area contributed by atoms with E-state index in [0.717, 1.165) is 5.56 Å². The van der Waals surface area contributed by atoms with Crippen molar-refractivity contribution >= 4 is 23.4 Å². The summed E-state index contributed by atoms with van der Waals surface area (Å²) in [5.41, 5.74) is 1.40. The molecule has 21 heavy (non-hydrogen) atoms. The molecule has 1 atom stereocenters. The molecule has 0 aliphatic carbocycles. The Morgan fingerprint density at radius 3 is 2.19 bits per heavy atom. The standard InChI is InChI=1S/C17H15ClO3/c18-15-8-6-12(7-9-15)10-14(17(20)21)11-16(19)13-4-2-1-3-5-13/h1-9,14H,10-11H2,(H,20,21). The van der Waals surface area contributed by atoms with Crippen molar-refractivity contribution in [2.75, 3.05) is 0 Å². The van der Waals surface area contributed by atoms with Gasteiger partial charge in [-0.3, -0.25) is 9.59 Å². The number of hydrogen-bond donors (Lipinski definition) is 1. The van der Waals surface area contributed by atoms with Crippen LogP contribution in [0.15, 0.2) is 54.6 Å². The minimum Gasteiger partial charge on any atom is -0.481 e. The van der Waals surface area contributed by atoms with Crippen LogP contribution >= 0.6 is 11.6 Å². The smallest absolute Gasteiger partial charge is 0.307 e. The molecule has 0 spiro atoms. The first-order chi connectivity index (χ1) is 10.1. The molecule has 0 fully saturated rings. The fourth-order valence-corrected chi connectivity index (χ4v) is 2.24. The molecule has 2 rings (SSSR count). The van der Waals surface area contributed by atoms with E-state index >= 15 is 0 Å². The summed E-state index contributed by atoms with van der Waals surface area (Å²) in [6.07, 6.45) is 0.299. The second kappa shape index (κ2) is 7.04. The molecule has 1 N–H and O–H groups in total. The van der Waals surface area contributed by atoms with Crippen LogP contribution in [-0.2, 0) is 11.2 Å². The fourth-order valence-electron chi connectivity index (χ4n) is 2.12. The molecule has 0 saturated heterocycles. The number of hydrogen-bond acceptors (Lipinski definition) is 2. The molecular weight excluding hydrogens is 288 g/mol. The highest BCUT2D eigenvalue weighted by Gasteiger charge is 2.22. The van der Waals surface area contributed by atoms with Crippen LogP contribution in [0, 0.1) is 5.92 Å². The molecule has 2 aromatic rings. The zero-order valence-corrected chi connectivity index (χ0v) is 12.1. The monoisotopic (exact) mass is 302 g/mol. The fraction of sp³-hybridized carbons (Fsp3) is 0.176. The van der Waals surface area contributed by atoms with Gasteiger partial charge in [0, 0.05) is 17.0 Å². The Hall–Kier alpha value is -2.13. The van der Waals surface area contributed by atoms with Crippen molar-refractivity contribution in [3.05, 3.63) is 70.7 Å². The van der Waals surface area contributed by atoms with Gasteiger partial charge < -0.3 is 5.11 Å². The van der Waals surface area contributed by atoms with E-state index in [2.05, 4.69) is 0 Å². The van der Waals surface area contributed by atoms with Crippen LogP contribution in [0.1, 0.15) is 22.3 Å². The molecule has 0 bridgehead atoms. The van der Waals surface area contributed by atoms with Gasteiger partial charge in [-0.25, -0.2) is 0 Å².